The van der Waals surface area contributed by atoms with E-state index >= 15 is 0 Å². The van der Waals surface area contributed by atoms with Gasteiger partial charge in [-0.3, -0.25) is 14.9 Å². The van der Waals surface area contributed by atoms with Crippen molar-refractivity contribution in [2.24, 2.45) is 0 Å². The van der Waals surface area contributed by atoms with Gasteiger partial charge in [-0.05, 0) is 30.3 Å². The molecule has 0 bridgehead atoms. The van der Waals surface area contributed by atoms with Crippen LogP contribution < -0.4 is 11.1 Å². The maximum absolute atomic E-state index is 12.8. The molecule has 0 radical (unpaired) electrons. The Balaban J connectivity index is 1.68. The zero-order valence-corrected chi connectivity index (χ0v) is 17.4. The van der Waals surface area contributed by atoms with E-state index in [9.17, 15) is 14.9 Å². The number of benzene rings is 2. The summed E-state index contributed by atoms with van der Waals surface area (Å²) in [5, 5.41) is 15.0. The van der Waals surface area contributed by atoms with Gasteiger partial charge in [0, 0.05) is 28.1 Å². The van der Waals surface area contributed by atoms with Crippen molar-refractivity contribution < 1.29 is 9.72 Å². The molecule has 0 fully saturated rings. The SMILES string of the molecule is Nc1c(C(=O)Nc2cc([N+](=O)[O-])ccc2Cl)sc2nc(-c3ccc(Cl)cc3)ccc12. The van der Waals surface area contributed by atoms with E-state index in [2.05, 4.69) is 10.3 Å². The van der Waals surface area contributed by atoms with Crippen molar-refractivity contribution in [3.63, 3.8) is 0 Å². The second-order valence-electron chi connectivity index (χ2n) is 6.28. The Bertz CT molecular complexity index is 1310. The van der Waals surface area contributed by atoms with Crippen LogP contribution in [-0.2, 0) is 0 Å². The summed E-state index contributed by atoms with van der Waals surface area (Å²) in [4.78, 5) is 28.6. The first-order chi connectivity index (χ1) is 14.3. The molecule has 7 nitrogen and oxygen atoms in total. The predicted molar refractivity (Wildman–Crippen MR) is 121 cm³/mol. The Hall–Kier alpha value is -3.20. The minimum absolute atomic E-state index is 0.127. The summed E-state index contributed by atoms with van der Waals surface area (Å²) >= 11 is 13.1. The first-order valence-corrected chi connectivity index (χ1v) is 10.1. The van der Waals surface area contributed by atoms with Crippen molar-refractivity contribution in [2.45, 2.75) is 0 Å². The quantitative estimate of drug-likeness (QED) is 0.287. The van der Waals surface area contributed by atoms with Crippen LogP contribution in [0.2, 0.25) is 10.0 Å². The summed E-state index contributed by atoms with van der Waals surface area (Å²) < 4.78 is 0. The number of hydrogen-bond donors (Lipinski definition) is 2. The largest absolute Gasteiger partial charge is 0.397 e. The van der Waals surface area contributed by atoms with Crippen molar-refractivity contribution in [1.82, 2.24) is 4.98 Å². The molecule has 2 aromatic carbocycles. The highest BCUT2D eigenvalue weighted by atomic mass is 35.5. The van der Waals surface area contributed by atoms with Crippen LogP contribution in [0.1, 0.15) is 9.67 Å². The van der Waals surface area contributed by atoms with Gasteiger partial charge in [-0.2, -0.15) is 0 Å². The summed E-state index contributed by atoms with van der Waals surface area (Å²) in [6.45, 7) is 0. The molecule has 30 heavy (non-hydrogen) atoms. The number of nitro benzene ring substituents is 1. The normalized spacial score (nSPS) is 10.9. The second kappa shape index (κ2) is 7.91. The number of non-ortho nitro benzene ring substituents is 1. The third-order valence-corrected chi connectivity index (χ3v) is 6.04. The Morgan fingerprint density at radius 2 is 1.83 bits per heavy atom. The highest BCUT2D eigenvalue weighted by molar-refractivity contribution is 7.21. The maximum atomic E-state index is 12.8. The van der Waals surface area contributed by atoms with E-state index in [1.165, 1.54) is 18.2 Å². The third kappa shape index (κ3) is 3.80. The zero-order valence-electron chi connectivity index (χ0n) is 15.1. The van der Waals surface area contributed by atoms with Crippen molar-refractivity contribution >= 4 is 67.7 Å². The van der Waals surface area contributed by atoms with Gasteiger partial charge in [-0.25, -0.2) is 4.98 Å². The van der Waals surface area contributed by atoms with Gasteiger partial charge in [0.25, 0.3) is 11.6 Å². The fourth-order valence-corrected chi connectivity index (χ4v) is 4.13. The van der Waals surface area contributed by atoms with E-state index < -0.39 is 10.8 Å². The van der Waals surface area contributed by atoms with Gasteiger partial charge in [0.15, 0.2) is 0 Å². The Labute approximate surface area is 184 Å². The number of halogens is 2. The molecule has 2 aromatic heterocycles. The van der Waals surface area contributed by atoms with Gasteiger partial charge in [0.05, 0.1) is 27.0 Å². The topological polar surface area (TPSA) is 111 Å². The van der Waals surface area contributed by atoms with Gasteiger partial charge in [0.2, 0.25) is 0 Å². The minimum Gasteiger partial charge on any atom is -0.397 e. The lowest BCUT2D eigenvalue weighted by Crippen LogP contribution is -2.12. The molecule has 1 amide bonds. The van der Waals surface area contributed by atoms with Gasteiger partial charge in [0.1, 0.15) is 9.71 Å². The van der Waals surface area contributed by atoms with Crippen LogP contribution in [0.4, 0.5) is 17.1 Å². The molecule has 0 spiro atoms. The molecule has 0 aliphatic rings. The second-order valence-corrected chi connectivity index (χ2v) is 8.12. The van der Waals surface area contributed by atoms with Crippen LogP contribution >= 0.6 is 34.5 Å². The Morgan fingerprint density at radius 1 is 1.10 bits per heavy atom. The van der Waals surface area contributed by atoms with Crippen LogP contribution in [0.25, 0.3) is 21.5 Å². The molecule has 4 rings (SSSR count). The number of pyridine rings is 1. The molecule has 3 N–H and O–H groups in total. The van der Waals surface area contributed by atoms with Crippen molar-refractivity contribution in [2.75, 3.05) is 11.1 Å². The van der Waals surface area contributed by atoms with Crippen LogP contribution in [0.5, 0.6) is 0 Å². The number of rotatable bonds is 4. The number of carbonyl (C=O) groups excluding carboxylic acids is 1. The molecule has 10 heteroatoms. The number of anilines is 2. The number of aromatic nitrogens is 1. The van der Waals surface area contributed by atoms with E-state index in [1.54, 1.807) is 18.2 Å². The van der Waals surface area contributed by atoms with Crippen LogP contribution in [-0.4, -0.2) is 15.8 Å². The molecule has 0 atom stereocenters. The Kier molecular flexibility index (Phi) is 5.29. The zero-order chi connectivity index (χ0) is 21.4. The lowest BCUT2D eigenvalue weighted by molar-refractivity contribution is -0.384. The minimum atomic E-state index is -0.567. The average Bonchev–Trinajstić information content (AvgIpc) is 3.06. The number of nitrogens with zero attached hydrogens (tertiary/aromatic N) is 2. The molecule has 0 aliphatic carbocycles. The maximum Gasteiger partial charge on any atom is 0.271 e. The average molecular weight is 459 g/mol. The number of carbonyl (C=O) groups is 1. The first kappa shape index (κ1) is 20.1. The van der Waals surface area contributed by atoms with E-state index in [4.69, 9.17) is 28.9 Å². The van der Waals surface area contributed by atoms with Gasteiger partial charge in [-0.1, -0.05) is 35.3 Å². The molecule has 0 saturated heterocycles. The number of fused-ring (bicyclic) bond motifs is 1. The summed E-state index contributed by atoms with van der Waals surface area (Å²) in [6, 6.07) is 14.7. The Morgan fingerprint density at radius 3 is 2.53 bits per heavy atom. The van der Waals surface area contributed by atoms with E-state index in [0.717, 1.165) is 16.9 Å². The number of nitrogens with two attached hydrogens (primary N) is 1. The fraction of sp³-hybridized carbons (Fsp3) is 0. The highest BCUT2D eigenvalue weighted by Crippen LogP contribution is 2.35. The number of nitrogen functional groups attached to an aromatic ring is 1. The summed E-state index contributed by atoms with van der Waals surface area (Å²) in [5.74, 6) is -0.522. The third-order valence-electron chi connectivity index (χ3n) is 4.35. The van der Waals surface area contributed by atoms with Crippen molar-refractivity contribution in [1.29, 1.82) is 0 Å². The number of nitrogens with one attached hydrogen (secondary N) is 1. The molecule has 4 aromatic rings. The van der Waals surface area contributed by atoms with Crippen LogP contribution in [0, 0.1) is 10.1 Å². The number of amides is 1. The number of hydrogen-bond acceptors (Lipinski definition) is 6. The molecular formula is C20H12Cl2N4O3S. The van der Waals surface area contributed by atoms with Crippen LogP contribution in [0.3, 0.4) is 0 Å². The van der Waals surface area contributed by atoms with Crippen molar-refractivity contribution in [3.05, 3.63) is 79.6 Å². The molecule has 0 aliphatic heterocycles. The molecular weight excluding hydrogens is 447 g/mol. The lowest BCUT2D eigenvalue weighted by Gasteiger charge is -2.06. The van der Waals surface area contributed by atoms with Gasteiger partial charge in [-0.15, -0.1) is 11.3 Å². The van der Waals surface area contributed by atoms with Crippen molar-refractivity contribution in [3.8, 4) is 11.3 Å². The van der Waals surface area contributed by atoms with E-state index in [0.29, 0.717) is 20.9 Å². The summed E-state index contributed by atoms with van der Waals surface area (Å²) in [5.41, 5.74) is 7.99. The molecule has 0 unspecified atom stereocenters. The fourth-order valence-electron chi connectivity index (χ4n) is 2.85. The molecule has 2 heterocycles. The molecule has 150 valence electrons. The first-order valence-electron chi connectivity index (χ1n) is 8.54. The molecule has 0 saturated carbocycles. The van der Waals surface area contributed by atoms with E-state index in [1.807, 2.05) is 18.2 Å². The summed E-state index contributed by atoms with van der Waals surface area (Å²) in [6.07, 6.45) is 0. The van der Waals surface area contributed by atoms with Gasteiger partial charge < -0.3 is 11.1 Å². The van der Waals surface area contributed by atoms with Crippen LogP contribution in [0.15, 0.2) is 54.6 Å². The highest BCUT2D eigenvalue weighted by Gasteiger charge is 2.20. The standard InChI is InChI=1S/C20H12Cl2N4O3S/c21-11-3-1-10(2-4-11)15-8-6-13-17(23)18(30-20(13)25-15)19(27)24-16-9-12(26(28)29)5-7-14(16)22/h1-9H,23H2,(H,24,27). The van der Waals surface area contributed by atoms with E-state index in [-0.39, 0.29) is 27.0 Å². The monoisotopic (exact) mass is 458 g/mol. The smallest absolute Gasteiger partial charge is 0.271 e. The predicted octanol–water partition coefficient (Wildman–Crippen LogP) is 6.01. The number of nitro groups is 1. The summed E-state index contributed by atoms with van der Waals surface area (Å²) in [7, 11) is 0. The number of thiophene rings is 1. The lowest BCUT2D eigenvalue weighted by atomic mass is 10.1. The van der Waals surface area contributed by atoms with Gasteiger partial charge >= 0.3 is 0 Å².